The molecule has 1 N–H and O–H groups in total. The Morgan fingerprint density at radius 2 is 2.20 bits per heavy atom. The summed E-state index contributed by atoms with van der Waals surface area (Å²) in [6.45, 7) is 4.34. The van der Waals surface area contributed by atoms with Crippen molar-refractivity contribution in [3.05, 3.63) is 29.8 Å². The third kappa shape index (κ3) is 2.17. The van der Waals surface area contributed by atoms with Crippen LogP contribution in [0.3, 0.4) is 0 Å². The van der Waals surface area contributed by atoms with Gasteiger partial charge in [0.1, 0.15) is 11.3 Å². The van der Waals surface area contributed by atoms with Gasteiger partial charge < -0.3 is 4.98 Å². The number of aromatic nitrogens is 2. The maximum atomic E-state index is 13.3. The predicted molar refractivity (Wildman–Crippen MR) is 59.2 cm³/mol. The smallest absolute Gasteiger partial charge is 0.151 e. The molecule has 0 saturated carbocycles. The van der Waals surface area contributed by atoms with E-state index in [9.17, 15) is 4.39 Å². The standard InChI is InChI=1S/C12H15FN2/c1-8(2)6-7-11-14-10-5-3-4-9(13)12(10)15-11/h3-5,8H,6-7H2,1-2H3,(H,14,15). The Balaban J connectivity index is 2.27. The summed E-state index contributed by atoms with van der Waals surface area (Å²) in [6.07, 6.45) is 1.95. The monoisotopic (exact) mass is 206 g/mol. The lowest BCUT2D eigenvalue weighted by atomic mass is 10.1. The molecule has 0 aliphatic carbocycles. The molecule has 2 rings (SSSR count). The van der Waals surface area contributed by atoms with Crippen molar-refractivity contribution in [1.29, 1.82) is 0 Å². The van der Waals surface area contributed by atoms with Crippen LogP contribution in [0.5, 0.6) is 0 Å². The Bertz CT molecular complexity index is 460. The van der Waals surface area contributed by atoms with Crippen LogP contribution in [0, 0.1) is 11.7 Å². The molecule has 1 heterocycles. The minimum atomic E-state index is -0.250. The maximum absolute atomic E-state index is 13.3. The van der Waals surface area contributed by atoms with Gasteiger partial charge in [-0.05, 0) is 24.5 Å². The van der Waals surface area contributed by atoms with Crippen molar-refractivity contribution >= 4 is 11.0 Å². The van der Waals surface area contributed by atoms with Crippen molar-refractivity contribution in [2.45, 2.75) is 26.7 Å². The molecular weight excluding hydrogens is 191 g/mol. The molecule has 0 radical (unpaired) electrons. The molecule has 0 bridgehead atoms. The summed E-state index contributed by atoms with van der Waals surface area (Å²) in [5.74, 6) is 1.27. The number of fused-ring (bicyclic) bond motifs is 1. The summed E-state index contributed by atoms with van der Waals surface area (Å²) < 4.78 is 13.3. The Morgan fingerprint density at radius 3 is 2.87 bits per heavy atom. The third-order valence-electron chi connectivity index (χ3n) is 2.47. The molecule has 0 spiro atoms. The fourth-order valence-electron chi connectivity index (χ4n) is 1.59. The van der Waals surface area contributed by atoms with Crippen LogP contribution in [-0.2, 0) is 6.42 Å². The van der Waals surface area contributed by atoms with Crippen molar-refractivity contribution in [2.75, 3.05) is 0 Å². The van der Waals surface area contributed by atoms with Gasteiger partial charge in [-0.3, -0.25) is 0 Å². The van der Waals surface area contributed by atoms with Crippen molar-refractivity contribution in [3.8, 4) is 0 Å². The molecule has 1 aromatic carbocycles. The van der Waals surface area contributed by atoms with Crippen molar-refractivity contribution in [1.82, 2.24) is 9.97 Å². The zero-order chi connectivity index (χ0) is 10.8. The molecule has 0 atom stereocenters. The first-order chi connectivity index (χ1) is 7.16. The number of para-hydroxylation sites is 1. The van der Waals surface area contributed by atoms with Gasteiger partial charge in [-0.1, -0.05) is 19.9 Å². The second kappa shape index (κ2) is 4.01. The molecule has 2 aromatic rings. The minimum Gasteiger partial charge on any atom is -0.342 e. The maximum Gasteiger partial charge on any atom is 0.151 e. The first kappa shape index (κ1) is 10.1. The number of nitrogens with zero attached hydrogens (tertiary/aromatic N) is 1. The molecule has 0 fully saturated rings. The normalized spacial score (nSPS) is 11.5. The van der Waals surface area contributed by atoms with Crippen LogP contribution < -0.4 is 0 Å². The van der Waals surface area contributed by atoms with Crippen LogP contribution in [0.1, 0.15) is 26.1 Å². The zero-order valence-corrected chi connectivity index (χ0v) is 9.05. The molecule has 2 nitrogen and oxygen atoms in total. The number of imidazole rings is 1. The number of nitrogens with one attached hydrogen (secondary N) is 1. The van der Waals surface area contributed by atoms with Crippen LogP contribution in [-0.4, -0.2) is 9.97 Å². The Kier molecular flexibility index (Phi) is 2.71. The molecule has 0 amide bonds. The third-order valence-corrected chi connectivity index (χ3v) is 2.47. The van der Waals surface area contributed by atoms with Gasteiger partial charge in [0.15, 0.2) is 5.82 Å². The molecule has 0 saturated heterocycles. The van der Waals surface area contributed by atoms with Crippen LogP contribution in [0.25, 0.3) is 11.0 Å². The quantitative estimate of drug-likeness (QED) is 0.820. The van der Waals surface area contributed by atoms with Gasteiger partial charge in [0.05, 0.1) is 5.52 Å². The van der Waals surface area contributed by atoms with Crippen LogP contribution in [0.4, 0.5) is 4.39 Å². The SMILES string of the molecule is CC(C)CCc1nc2c(F)cccc2[nH]1. The lowest BCUT2D eigenvalue weighted by molar-refractivity contribution is 0.577. The molecule has 0 aliphatic rings. The predicted octanol–water partition coefficient (Wildman–Crippen LogP) is 3.29. The summed E-state index contributed by atoms with van der Waals surface area (Å²) in [6, 6.07) is 4.99. The van der Waals surface area contributed by atoms with Gasteiger partial charge in [0.25, 0.3) is 0 Å². The van der Waals surface area contributed by atoms with Crippen LogP contribution in [0.2, 0.25) is 0 Å². The number of hydrogen-bond donors (Lipinski definition) is 1. The molecule has 3 heteroatoms. The largest absolute Gasteiger partial charge is 0.342 e. The van der Waals surface area contributed by atoms with Crippen molar-refractivity contribution < 1.29 is 4.39 Å². The van der Waals surface area contributed by atoms with Crippen LogP contribution in [0.15, 0.2) is 18.2 Å². The Labute approximate surface area is 88.5 Å². The van der Waals surface area contributed by atoms with E-state index in [1.165, 1.54) is 6.07 Å². The highest BCUT2D eigenvalue weighted by atomic mass is 19.1. The van der Waals surface area contributed by atoms with E-state index in [0.29, 0.717) is 11.4 Å². The number of hydrogen-bond acceptors (Lipinski definition) is 1. The first-order valence-electron chi connectivity index (χ1n) is 5.30. The van der Waals surface area contributed by atoms with Gasteiger partial charge in [-0.25, -0.2) is 9.37 Å². The Hall–Kier alpha value is -1.38. The second-order valence-corrected chi connectivity index (χ2v) is 4.25. The van der Waals surface area contributed by atoms with E-state index in [4.69, 9.17) is 0 Å². The summed E-state index contributed by atoms with van der Waals surface area (Å²) >= 11 is 0. The van der Waals surface area contributed by atoms with E-state index < -0.39 is 0 Å². The average Bonchev–Trinajstić information content (AvgIpc) is 2.59. The average molecular weight is 206 g/mol. The van der Waals surface area contributed by atoms with E-state index in [1.54, 1.807) is 6.07 Å². The summed E-state index contributed by atoms with van der Waals surface area (Å²) in [4.78, 5) is 7.39. The fourth-order valence-corrected chi connectivity index (χ4v) is 1.59. The number of aromatic amines is 1. The van der Waals surface area contributed by atoms with Gasteiger partial charge >= 0.3 is 0 Å². The van der Waals surface area contributed by atoms with E-state index >= 15 is 0 Å². The molecular formula is C12H15FN2. The Morgan fingerprint density at radius 1 is 1.40 bits per heavy atom. The van der Waals surface area contributed by atoms with Gasteiger partial charge in [-0.2, -0.15) is 0 Å². The molecule has 0 aliphatic heterocycles. The van der Waals surface area contributed by atoms with Crippen LogP contribution >= 0.6 is 0 Å². The topological polar surface area (TPSA) is 28.7 Å². The fraction of sp³-hybridized carbons (Fsp3) is 0.417. The molecule has 15 heavy (non-hydrogen) atoms. The number of benzene rings is 1. The highest BCUT2D eigenvalue weighted by Gasteiger charge is 2.06. The minimum absolute atomic E-state index is 0.250. The van der Waals surface area contributed by atoms with Gasteiger partial charge in [0, 0.05) is 6.42 Å². The summed E-state index contributed by atoms with van der Waals surface area (Å²) in [5, 5.41) is 0. The lowest BCUT2D eigenvalue weighted by Crippen LogP contribution is -1.93. The first-order valence-corrected chi connectivity index (χ1v) is 5.30. The van der Waals surface area contributed by atoms with E-state index in [-0.39, 0.29) is 5.82 Å². The highest BCUT2D eigenvalue weighted by Crippen LogP contribution is 2.16. The summed E-state index contributed by atoms with van der Waals surface area (Å²) in [5.41, 5.74) is 1.24. The number of rotatable bonds is 3. The van der Waals surface area contributed by atoms with E-state index in [2.05, 4.69) is 23.8 Å². The number of aryl methyl sites for hydroxylation is 1. The lowest BCUT2D eigenvalue weighted by Gasteiger charge is -2.00. The van der Waals surface area contributed by atoms with E-state index in [1.807, 2.05) is 6.07 Å². The molecule has 80 valence electrons. The summed E-state index contributed by atoms with van der Waals surface area (Å²) in [7, 11) is 0. The molecule has 0 unspecified atom stereocenters. The number of H-pyrrole nitrogens is 1. The van der Waals surface area contributed by atoms with Crippen molar-refractivity contribution in [3.63, 3.8) is 0 Å². The van der Waals surface area contributed by atoms with Gasteiger partial charge in [-0.15, -0.1) is 0 Å². The van der Waals surface area contributed by atoms with Gasteiger partial charge in [0.2, 0.25) is 0 Å². The van der Waals surface area contributed by atoms with E-state index in [0.717, 1.165) is 24.2 Å². The zero-order valence-electron chi connectivity index (χ0n) is 9.05. The second-order valence-electron chi connectivity index (χ2n) is 4.25. The molecule has 1 aromatic heterocycles. The highest BCUT2D eigenvalue weighted by molar-refractivity contribution is 5.75. The number of halogens is 1. The van der Waals surface area contributed by atoms with Crippen molar-refractivity contribution in [2.24, 2.45) is 5.92 Å².